The summed E-state index contributed by atoms with van der Waals surface area (Å²) in [6.07, 6.45) is -0.0572. The molecule has 0 aliphatic carbocycles. The van der Waals surface area contributed by atoms with Crippen molar-refractivity contribution in [1.82, 2.24) is 5.32 Å². The van der Waals surface area contributed by atoms with Crippen molar-refractivity contribution in [3.05, 3.63) is 48.0 Å². The Kier molecular flexibility index (Phi) is 7.32. The molecule has 1 amide bonds. The first-order valence-corrected chi connectivity index (χ1v) is 7.21. The zero-order valence-corrected chi connectivity index (χ0v) is 13.3. The number of aryl methyl sites for hydroxylation is 1. The van der Waals surface area contributed by atoms with Crippen molar-refractivity contribution in [2.75, 3.05) is 6.61 Å². The molecule has 22 heavy (non-hydrogen) atoms. The minimum absolute atomic E-state index is 0.254. The lowest BCUT2D eigenvalue weighted by molar-refractivity contribution is -0.164. The first-order valence-electron chi connectivity index (χ1n) is 7.21. The normalized spacial score (nSPS) is 13.0. The fourth-order valence-electron chi connectivity index (χ4n) is 1.74. The fourth-order valence-corrected chi connectivity index (χ4v) is 1.74. The highest BCUT2D eigenvalue weighted by molar-refractivity contribution is 5.84. The molecule has 0 spiro atoms. The van der Waals surface area contributed by atoms with Gasteiger partial charge in [-0.15, -0.1) is 6.58 Å². The number of nitrogens with one attached hydrogen (secondary N) is 1. The van der Waals surface area contributed by atoms with Crippen LogP contribution in [-0.4, -0.2) is 30.7 Å². The van der Waals surface area contributed by atoms with Crippen molar-refractivity contribution in [2.24, 2.45) is 0 Å². The molecule has 0 radical (unpaired) electrons. The van der Waals surface area contributed by atoms with Crippen LogP contribution >= 0.6 is 0 Å². The maximum absolute atomic E-state index is 12.0. The van der Waals surface area contributed by atoms with Gasteiger partial charge in [0.15, 0.2) is 12.2 Å². The van der Waals surface area contributed by atoms with Gasteiger partial charge in [-0.2, -0.15) is 0 Å². The zero-order chi connectivity index (χ0) is 16.5. The summed E-state index contributed by atoms with van der Waals surface area (Å²) in [5, 5.41) is 2.75. The lowest BCUT2D eigenvalue weighted by Gasteiger charge is -2.17. The summed E-state index contributed by atoms with van der Waals surface area (Å²) in [6, 6.07) is 7.77. The Balaban J connectivity index is 2.43. The quantitative estimate of drug-likeness (QED) is 0.590. The third-order valence-electron chi connectivity index (χ3n) is 3.17. The van der Waals surface area contributed by atoms with Crippen LogP contribution in [0.3, 0.4) is 0 Å². The van der Waals surface area contributed by atoms with Crippen LogP contribution in [0.25, 0.3) is 0 Å². The molecule has 1 aromatic rings. The van der Waals surface area contributed by atoms with Crippen LogP contribution in [0, 0.1) is 6.92 Å². The largest absolute Gasteiger partial charge is 0.451 e. The first kappa shape index (κ1) is 17.9. The summed E-state index contributed by atoms with van der Waals surface area (Å²) in [6.45, 7) is 9.23. The van der Waals surface area contributed by atoms with Crippen molar-refractivity contribution < 1.29 is 19.1 Å². The van der Waals surface area contributed by atoms with Gasteiger partial charge >= 0.3 is 5.97 Å². The molecule has 1 aromatic carbocycles. The van der Waals surface area contributed by atoms with Gasteiger partial charge in [-0.05, 0) is 31.9 Å². The Bertz CT molecular complexity index is 527. The van der Waals surface area contributed by atoms with E-state index < -0.39 is 18.2 Å². The summed E-state index contributed by atoms with van der Waals surface area (Å²) in [5.41, 5.74) is 2.12. The molecule has 0 heterocycles. The van der Waals surface area contributed by atoms with Gasteiger partial charge in [0.05, 0.1) is 6.61 Å². The number of rotatable bonds is 8. The van der Waals surface area contributed by atoms with Crippen molar-refractivity contribution in [1.29, 1.82) is 0 Å². The Morgan fingerprint density at radius 1 is 1.27 bits per heavy atom. The van der Waals surface area contributed by atoms with Crippen molar-refractivity contribution in [3.63, 3.8) is 0 Å². The van der Waals surface area contributed by atoms with Gasteiger partial charge in [-0.25, -0.2) is 4.79 Å². The van der Waals surface area contributed by atoms with Crippen LogP contribution in [0.4, 0.5) is 0 Å². The van der Waals surface area contributed by atoms with E-state index >= 15 is 0 Å². The lowest BCUT2D eigenvalue weighted by atomic mass is 10.1. The molecule has 2 atom stereocenters. The predicted octanol–water partition coefficient (Wildman–Crippen LogP) is 2.13. The van der Waals surface area contributed by atoms with Crippen LogP contribution in [-0.2, 0) is 25.6 Å². The summed E-state index contributed by atoms with van der Waals surface area (Å²) < 4.78 is 10.2. The summed E-state index contributed by atoms with van der Waals surface area (Å²) in [4.78, 5) is 23.7. The molecule has 0 aliphatic rings. The fraction of sp³-hybridized carbons (Fsp3) is 0.412. The van der Waals surface area contributed by atoms with Crippen LogP contribution < -0.4 is 5.32 Å². The number of hydrogen-bond acceptors (Lipinski definition) is 4. The van der Waals surface area contributed by atoms with E-state index in [1.807, 2.05) is 31.2 Å². The smallest absolute Gasteiger partial charge is 0.335 e. The highest BCUT2D eigenvalue weighted by Crippen LogP contribution is 2.06. The molecule has 0 aliphatic heterocycles. The molecular formula is C17H23NO4. The topological polar surface area (TPSA) is 64.6 Å². The van der Waals surface area contributed by atoms with Crippen molar-refractivity contribution in [2.45, 2.75) is 39.5 Å². The molecule has 120 valence electrons. The lowest BCUT2D eigenvalue weighted by Crippen LogP contribution is -2.38. The van der Waals surface area contributed by atoms with E-state index in [1.54, 1.807) is 13.0 Å². The number of amides is 1. The Labute approximate surface area is 131 Å². The average Bonchev–Trinajstić information content (AvgIpc) is 2.51. The monoisotopic (exact) mass is 305 g/mol. The molecule has 0 bridgehead atoms. The van der Waals surface area contributed by atoms with E-state index in [9.17, 15) is 9.59 Å². The minimum atomic E-state index is -0.869. The molecule has 0 saturated carbocycles. The molecule has 5 nitrogen and oxygen atoms in total. The molecular weight excluding hydrogens is 282 g/mol. The van der Waals surface area contributed by atoms with Gasteiger partial charge < -0.3 is 14.8 Å². The standard InChI is InChI=1S/C17H23NO4/c1-5-10-21-14(4)17(20)22-13(3)16(19)18-11-15-9-7-6-8-12(15)2/h5-9,13-14H,1,10-11H2,2-4H3,(H,18,19). The van der Waals surface area contributed by atoms with Crippen molar-refractivity contribution >= 4 is 11.9 Å². The van der Waals surface area contributed by atoms with Gasteiger partial charge in [0.1, 0.15) is 0 Å². The van der Waals surface area contributed by atoms with Gasteiger partial charge in [0, 0.05) is 6.54 Å². The highest BCUT2D eigenvalue weighted by atomic mass is 16.6. The van der Waals surface area contributed by atoms with Crippen LogP contribution in [0.15, 0.2) is 36.9 Å². The maximum atomic E-state index is 12.0. The Morgan fingerprint density at radius 2 is 1.95 bits per heavy atom. The van der Waals surface area contributed by atoms with Gasteiger partial charge in [0.25, 0.3) is 5.91 Å². The van der Waals surface area contributed by atoms with E-state index in [4.69, 9.17) is 9.47 Å². The number of hydrogen-bond donors (Lipinski definition) is 1. The highest BCUT2D eigenvalue weighted by Gasteiger charge is 2.22. The SMILES string of the molecule is C=CCOC(C)C(=O)OC(C)C(=O)NCc1ccccc1C. The van der Waals surface area contributed by atoms with E-state index in [-0.39, 0.29) is 12.5 Å². The molecule has 0 fully saturated rings. The zero-order valence-electron chi connectivity index (χ0n) is 13.3. The Morgan fingerprint density at radius 3 is 2.59 bits per heavy atom. The number of ether oxygens (including phenoxy) is 2. The van der Waals surface area contributed by atoms with Gasteiger partial charge in [-0.3, -0.25) is 4.79 Å². The van der Waals surface area contributed by atoms with Crippen LogP contribution in [0.2, 0.25) is 0 Å². The first-order chi connectivity index (χ1) is 10.5. The second-order valence-corrected chi connectivity index (χ2v) is 4.99. The third kappa shape index (κ3) is 5.69. The molecule has 0 aromatic heterocycles. The molecule has 0 saturated heterocycles. The number of benzene rings is 1. The average molecular weight is 305 g/mol. The molecule has 5 heteroatoms. The summed E-state index contributed by atoms with van der Waals surface area (Å²) >= 11 is 0. The second kappa shape index (κ2) is 9.00. The summed E-state index contributed by atoms with van der Waals surface area (Å²) in [7, 11) is 0. The third-order valence-corrected chi connectivity index (χ3v) is 3.17. The number of carbonyl (C=O) groups is 2. The molecule has 2 unspecified atom stereocenters. The number of carbonyl (C=O) groups excluding carboxylic acids is 2. The van der Waals surface area contributed by atoms with E-state index in [0.717, 1.165) is 11.1 Å². The van der Waals surface area contributed by atoms with Crippen LogP contribution in [0.1, 0.15) is 25.0 Å². The van der Waals surface area contributed by atoms with Crippen molar-refractivity contribution in [3.8, 4) is 0 Å². The van der Waals surface area contributed by atoms with Crippen LogP contribution in [0.5, 0.6) is 0 Å². The Hall–Kier alpha value is -2.14. The molecule has 1 rings (SSSR count). The van der Waals surface area contributed by atoms with Gasteiger partial charge in [0.2, 0.25) is 0 Å². The molecule has 1 N–H and O–H groups in total. The summed E-state index contributed by atoms with van der Waals surface area (Å²) in [5.74, 6) is -0.909. The minimum Gasteiger partial charge on any atom is -0.451 e. The van der Waals surface area contributed by atoms with Gasteiger partial charge in [-0.1, -0.05) is 30.3 Å². The van der Waals surface area contributed by atoms with E-state index in [2.05, 4.69) is 11.9 Å². The van der Waals surface area contributed by atoms with E-state index in [1.165, 1.54) is 6.92 Å². The maximum Gasteiger partial charge on any atom is 0.335 e. The number of esters is 1. The second-order valence-electron chi connectivity index (χ2n) is 4.99. The predicted molar refractivity (Wildman–Crippen MR) is 84.2 cm³/mol. The van der Waals surface area contributed by atoms with E-state index in [0.29, 0.717) is 6.54 Å².